The van der Waals surface area contributed by atoms with Gasteiger partial charge in [0, 0.05) is 30.1 Å². The van der Waals surface area contributed by atoms with Gasteiger partial charge in [0.1, 0.15) is 5.75 Å². The highest BCUT2D eigenvalue weighted by Gasteiger charge is 2.51. The molecule has 2 fully saturated rings. The molecule has 1 N–H and O–H groups in total. The molecule has 3 aliphatic rings. The summed E-state index contributed by atoms with van der Waals surface area (Å²) in [5.74, 6) is 1.67. The number of fused-ring (bicyclic) bond motifs is 4. The van der Waals surface area contributed by atoms with Crippen LogP contribution < -0.4 is 10.1 Å². The van der Waals surface area contributed by atoms with Crippen molar-refractivity contribution in [2.75, 3.05) is 33.9 Å². The number of nitrogens with zero attached hydrogens (tertiary/aromatic N) is 1. The lowest BCUT2D eigenvalue weighted by Gasteiger charge is -2.56. The van der Waals surface area contributed by atoms with Crippen LogP contribution in [0, 0.1) is 11.8 Å². The van der Waals surface area contributed by atoms with Gasteiger partial charge in [0.2, 0.25) is 0 Å². The molecule has 5 rings (SSSR count). The summed E-state index contributed by atoms with van der Waals surface area (Å²) in [5.41, 5.74) is 3.68. The van der Waals surface area contributed by atoms with Crippen LogP contribution in [0.3, 0.4) is 0 Å². The van der Waals surface area contributed by atoms with Crippen molar-refractivity contribution in [2.24, 2.45) is 11.8 Å². The Morgan fingerprint density at radius 1 is 1.11 bits per heavy atom. The smallest absolute Gasteiger partial charge is 0.337 e. The topological polar surface area (TPSA) is 67.9 Å². The van der Waals surface area contributed by atoms with Crippen LogP contribution in [0.15, 0.2) is 42.5 Å². The van der Waals surface area contributed by atoms with Crippen molar-refractivity contribution in [1.29, 1.82) is 0 Å². The van der Waals surface area contributed by atoms with E-state index in [-0.39, 0.29) is 11.3 Å². The molecule has 1 saturated carbocycles. The predicted octanol–water partition coefficient (Wildman–Crippen LogP) is 4.22. The zero-order chi connectivity index (χ0) is 24.6. The number of hydrogen-bond donors (Lipinski definition) is 1. The van der Waals surface area contributed by atoms with Crippen molar-refractivity contribution in [1.82, 2.24) is 10.2 Å². The van der Waals surface area contributed by atoms with E-state index in [2.05, 4.69) is 35.3 Å². The maximum Gasteiger partial charge on any atom is 0.337 e. The Kier molecular flexibility index (Phi) is 6.58. The molecule has 1 unspecified atom stereocenters. The van der Waals surface area contributed by atoms with Gasteiger partial charge in [-0.3, -0.25) is 9.69 Å². The number of carbonyl (C=O) groups excluding carboxylic acids is 2. The van der Waals surface area contributed by atoms with Crippen LogP contribution >= 0.6 is 0 Å². The zero-order valence-corrected chi connectivity index (χ0v) is 21.0. The first-order valence-corrected chi connectivity index (χ1v) is 12.8. The number of carbonyl (C=O) groups is 2. The second-order valence-electron chi connectivity index (χ2n) is 10.5. The molecule has 0 spiro atoms. The molecular weight excluding hydrogens is 440 g/mol. The fourth-order valence-electron chi connectivity index (χ4n) is 6.41. The molecule has 0 radical (unpaired) electrons. The second kappa shape index (κ2) is 9.65. The number of hydrogen-bond acceptors (Lipinski definition) is 5. The number of benzene rings is 2. The van der Waals surface area contributed by atoms with Gasteiger partial charge in [0.05, 0.1) is 19.8 Å². The van der Waals surface area contributed by atoms with Gasteiger partial charge in [-0.25, -0.2) is 4.79 Å². The molecule has 1 heterocycles. The van der Waals surface area contributed by atoms with Crippen molar-refractivity contribution in [3.63, 3.8) is 0 Å². The summed E-state index contributed by atoms with van der Waals surface area (Å²) in [6, 6.07) is 13.8. The first kappa shape index (κ1) is 23.9. The van der Waals surface area contributed by atoms with Crippen molar-refractivity contribution in [3.8, 4) is 5.75 Å². The highest BCUT2D eigenvalue weighted by atomic mass is 16.5. The summed E-state index contributed by atoms with van der Waals surface area (Å²) in [5, 5.41) is 3.13. The Bertz CT molecular complexity index is 1110. The van der Waals surface area contributed by atoms with E-state index in [1.807, 2.05) is 0 Å². The maximum atomic E-state index is 12.9. The molecule has 1 saturated heterocycles. The summed E-state index contributed by atoms with van der Waals surface area (Å²) in [6.07, 6.45) is 5.80. The summed E-state index contributed by atoms with van der Waals surface area (Å²) in [7, 11) is 3.07. The standard InChI is InChI=1S/C29H36N2O4/c1-19-26-16-21-9-10-24(34-2)17-25(21)29(19,12-14-31(26)18-20-7-8-20)11-13-30-27(32)22-5-4-6-23(15-22)28(33)35-3/h4-6,9-10,15,17,19-20,26H,7-8,11-14,16,18H2,1-3H3,(H,30,32)/t19-,26+,29?/m0/s1. The molecule has 35 heavy (non-hydrogen) atoms. The normalized spacial score (nSPS) is 25.5. The van der Waals surface area contributed by atoms with Crippen LogP contribution in [0.4, 0.5) is 0 Å². The lowest BCUT2D eigenvalue weighted by molar-refractivity contribution is 0.0159. The minimum absolute atomic E-state index is 0.00792. The first-order chi connectivity index (χ1) is 16.9. The van der Waals surface area contributed by atoms with Gasteiger partial charge < -0.3 is 14.8 Å². The van der Waals surface area contributed by atoms with Gasteiger partial charge in [0.15, 0.2) is 0 Å². The van der Waals surface area contributed by atoms with E-state index in [0.29, 0.717) is 29.6 Å². The van der Waals surface area contributed by atoms with Crippen LogP contribution in [0.2, 0.25) is 0 Å². The molecule has 2 aromatic carbocycles. The molecule has 186 valence electrons. The fraction of sp³-hybridized carbons (Fsp3) is 0.517. The summed E-state index contributed by atoms with van der Waals surface area (Å²) in [4.78, 5) is 27.5. The molecule has 1 aliphatic heterocycles. The number of amides is 1. The number of methoxy groups -OCH3 is 2. The highest BCUT2D eigenvalue weighted by Crippen LogP contribution is 2.52. The number of nitrogens with one attached hydrogen (secondary N) is 1. The number of piperidine rings is 1. The molecule has 2 aromatic rings. The number of ether oxygens (including phenoxy) is 2. The Labute approximate surface area is 208 Å². The average Bonchev–Trinajstić information content (AvgIpc) is 3.70. The Hall–Kier alpha value is -2.86. The summed E-state index contributed by atoms with van der Waals surface area (Å²) >= 11 is 0. The molecule has 6 heteroatoms. The minimum Gasteiger partial charge on any atom is -0.497 e. The molecular formula is C29H36N2O4. The van der Waals surface area contributed by atoms with Crippen LogP contribution in [0.25, 0.3) is 0 Å². The van der Waals surface area contributed by atoms with Crippen molar-refractivity contribution >= 4 is 11.9 Å². The third kappa shape index (κ3) is 4.56. The van der Waals surface area contributed by atoms with Crippen molar-refractivity contribution < 1.29 is 19.1 Å². The quantitative estimate of drug-likeness (QED) is 0.578. The van der Waals surface area contributed by atoms with Crippen LogP contribution in [0.5, 0.6) is 5.75 Å². The first-order valence-electron chi connectivity index (χ1n) is 12.8. The van der Waals surface area contributed by atoms with Crippen LogP contribution in [-0.4, -0.2) is 56.7 Å². The van der Waals surface area contributed by atoms with E-state index in [1.54, 1.807) is 31.4 Å². The number of likely N-dealkylation sites (tertiary alicyclic amines) is 1. The third-order valence-corrected chi connectivity index (χ3v) is 8.64. The second-order valence-corrected chi connectivity index (χ2v) is 10.5. The SMILES string of the molecule is COC(=O)c1cccc(C(=O)NCCC23CCN(CC4CC4)[C@H](Cc4ccc(OC)cc42)[C@@H]3C)c1. The average molecular weight is 477 g/mol. The summed E-state index contributed by atoms with van der Waals surface area (Å²) < 4.78 is 10.4. The summed E-state index contributed by atoms with van der Waals surface area (Å²) in [6.45, 7) is 5.33. The third-order valence-electron chi connectivity index (χ3n) is 8.64. The van der Waals surface area contributed by atoms with Gasteiger partial charge in [0.25, 0.3) is 5.91 Å². The molecule has 2 bridgehead atoms. The predicted molar refractivity (Wildman–Crippen MR) is 135 cm³/mol. The van der Waals surface area contributed by atoms with E-state index in [9.17, 15) is 9.59 Å². The zero-order valence-electron chi connectivity index (χ0n) is 21.0. The monoisotopic (exact) mass is 476 g/mol. The molecule has 2 aliphatic carbocycles. The number of esters is 1. The van der Waals surface area contributed by atoms with Crippen molar-refractivity contribution in [3.05, 3.63) is 64.7 Å². The lowest BCUT2D eigenvalue weighted by Crippen LogP contribution is -2.60. The van der Waals surface area contributed by atoms with E-state index in [0.717, 1.165) is 37.5 Å². The maximum absolute atomic E-state index is 12.9. The van der Waals surface area contributed by atoms with Crippen LogP contribution in [0.1, 0.15) is 64.4 Å². The van der Waals surface area contributed by atoms with Gasteiger partial charge >= 0.3 is 5.97 Å². The minimum atomic E-state index is -0.441. The van der Waals surface area contributed by atoms with E-state index < -0.39 is 5.97 Å². The van der Waals surface area contributed by atoms with Gasteiger partial charge in [-0.15, -0.1) is 0 Å². The molecule has 6 nitrogen and oxygen atoms in total. The van der Waals surface area contributed by atoms with E-state index in [4.69, 9.17) is 9.47 Å². The van der Waals surface area contributed by atoms with Gasteiger partial charge in [-0.05, 0) is 91.9 Å². The van der Waals surface area contributed by atoms with Gasteiger partial charge in [-0.1, -0.05) is 19.1 Å². The van der Waals surface area contributed by atoms with E-state index >= 15 is 0 Å². The Balaban J connectivity index is 1.35. The highest BCUT2D eigenvalue weighted by molar-refractivity contribution is 5.97. The fourth-order valence-corrected chi connectivity index (χ4v) is 6.41. The van der Waals surface area contributed by atoms with Crippen LogP contribution in [-0.2, 0) is 16.6 Å². The molecule has 0 aromatic heterocycles. The largest absolute Gasteiger partial charge is 0.497 e. The molecule has 3 atom stereocenters. The van der Waals surface area contributed by atoms with Crippen molar-refractivity contribution in [2.45, 2.75) is 50.5 Å². The number of rotatable bonds is 8. The Morgan fingerprint density at radius 2 is 1.91 bits per heavy atom. The Morgan fingerprint density at radius 3 is 2.66 bits per heavy atom. The molecule has 1 amide bonds. The van der Waals surface area contributed by atoms with E-state index in [1.165, 1.54) is 37.6 Å². The lowest BCUT2D eigenvalue weighted by atomic mass is 9.56. The van der Waals surface area contributed by atoms with Gasteiger partial charge in [-0.2, -0.15) is 0 Å².